The lowest BCUT2D eigenvalue weighted by molar-refractivity contribution is 0.273. The van der Waals surface area contributed by atoms with Crippen LogP contribution in [0.25, 0.3) is 0 Å². The van der Waals surface area contributed by atoms with E-state index in [2.05, 4.69) is 20.9 Å². The van der Waals surface area contributed by atoms with Gasteiger partial charge in [-0.3, -0.25) is 9.88 Å². The molecule has 5 heteroatoms. The van der Waals surface area contributed by atoms with Crippen LogP contribution in [0.1, 0.15) is 36.2 Å². The Morgan fingerprint density at radius 1 is 1.29 bits per heavy atom. The molecular formula is C16H24N4S. The van der Waals surface area contributed by atoms with Gasteiger partial charge in [0, 0.05) is 37.1 Å². The van der Waals surface area contributed by atoms with Gasteiger partial charge < -0.3 is 10.6 Å². The number of aromatic nitrogens is 1. The maximum absolute atomic E-state index is 5.97. The molecule has 0 saturated carbocycles. The van der Waals surface area contributed by atoms with Gasteiger partial charge in [-0.2, -0.15) is 0 Å². The van der Waals surface area contributed by atoms with E-state index >= 15 is 0 Å². The van der Waals surface area contributed by atoms with Gasteiger partial charge in [0.15, 0.2) is 0 Å². The molecule has 1 atom stereocenters. The van der Waals surface area contributed by atoms with Crippen LogP contribution in [0.3, 0.4) is 0 Å². The number of hydrogen-bond acceptors (Lipinski definition) is 4. The smallest absolute Gasteiger partial charge is 0.107 e. The van der Waals surface area contributed by atoms with Crippen LogP contribution in [-0.2, 0) is 0 Å². The number of anilines is 1. The van der Waals surface area contributed by atoms with E-state index in [4.69, 9.17) is 18.0 Å². The number of pyridine rings is 1. The first-order valence-corrected chi connectivity index (χ1v) is 8.24. The van der Waals surface area contributed by atoms with Crippen molar-refractivity contribution in [1.82, 2.24) is 9.88 Å². The van der Waals surface area contributed by atoms with Crippen molar-refractivity contribution in [3.05, 3.63) is 23.0 Å². The maximum atomic E-state index is 5.97. The highest BCUT2D eigenvalue weighted by atomic mass is 32.1. The van der Waals surface area contributed by atoms with Crippen LogP contribution in [0.4, 0.5) is 5.69 Å². The fourth-order valence-electron chi connectivity index (χ4n) is 3.79. The van der Waals surface area contributed by atoms with Gasteiger partial charge in [0.1, 0.15) is 4.99 Å². The lowest BCUT2D eigenvalue weighted by Crippen LogP contribution is -2.37. The lowest BCUT2D eigenvalue weighted by atomic mass is 10.1. The van der Waals surface area contributed by atoms with E-state index in [1.807, 2.05) is 13.8 Å². The van der Waals surface area contributed by atoms with Crippen molar-refractivity contribution >= 4 is 22.9 Å². The molecule has 0 amide bonds. The molecular weight excluding hydrogens is 280 g/mol. The van der Waals surface area contributed by atoms with Crippen molar-refractivity contribution in [2.45, 2.75) is 39.2 Å². The average molecular weight is 304 g/mol. The van der Waals surface area contributed by atoms with E-state index < -0.39 is 0 Å². The summed E-state index contributed by atoms with van der Waals surface area (Å²) in [6.45, 7) is 8.68. The van der Waals surface area contributed by atoms with Crippen LogP contribution in [0.15, 0.2) is 6.07 Å². The van der Waals surface area contributed by atoms with Gasteiger partial charge >= 0.3 is 0 Å². The van der Waals surface area contributed by atoms with Gasteiger partial charge in [-0.05, 0) is 45.7 Å². The molecule has 2 aliphatic heterocycles. The molecule has 3 heterocycles. The average Bonchev–Trinajstić information content (AvgIpc) is 2.74. The maximum Gasteiger partial charge on any atom is 0.107 e. The molecule has 2 aliphatic rings. The van der Waals surface area contributed by atoms with Crippen LogP contribution >= 0.6 is 12.2 Å². The molecule has 0 radical (unpaired) electrons. The van der Waals surface area contributed by atoms with Crippen LogP contribution in [-0.4, -0.2) is 47.1 Å². The fourth-order valence-corrected chi connectivity index (χ4v) is 4.04. The van der Waals surface area contributed by atoms with E-state index in [-0.39, 0.29) is 0 Å². The molecule has 4 nitrogen and oxygen atoms in total. The summed E-state index contributed by atoms with van der Waals surface area (Å²) in [6, 6.07) is 2.83. The summed E-state index contributed by atoms with van der Waals surface area (Å²) in [5.74, 6) is 0. The summed E-state index contributed by atoms with van der Waals surface area (Å²) in [7, 11) is 0. The van der Waals surface area contributed by atoms with E-state index in [1.165, 1.54) is 38.0 Å². The minimum atomic E-state index is 0.461. The van der Waals surface area contributed by atoms with Crippen LogP contribution in [0.2, 0.25) is 0 Å². The van der Waals surface area contributed by atoms with Crippen molar-refractivity contribution in [3.8, 4) is 0 Å². The van der Waals surface area contributed by atoms with Gasteiger partial charge in [-0.15, -0.1) is 0 Å². The highest BCUT2D eigenvalue weighted by Crippen LogP contribution is 2.29. The second-order valence-corrected chi connectivity index (χ2v) is 6.68. The van der Waals surface area contributed by atoms with Crippen molar-refractivity contribution in [3.63, 3.8) is 0 Å². The lowest BCUT2D eigenvalue weighted by Gasteiger charge is -2.29. The normalized spacial score (nSPS) is 23.0. The molecule has 0 aliphatic carbocycles. The van der Waals surface area contributed by atoms with Crippen LogP contribution in [0, 0.1) is 13.8 Å². The Morgan fingerprint density at radius 3 is 2.81 bits per heavy atom. The number of thiocarbonyl (C=S) groups is 1. The third-order valence-corrected chi connectivity index (χ3v) is 4.90. The number of aryl methyl sites for hydroxylation is 2. The first-order chi connectivity index (χ1) is 10.1. The highest BCUT2D eigenvalue weighted by molar-refractivity contribution is 7.80. The van der Waals surface area contributed by atoms with Gasteiger partial charge in [-0.25, -0.2) is 0 Å². The number of fused-ring (bicyclic) bond motifs is 1. The number of hydrogen-bond donors (Lipinski definition) is 1. The standard InChI is InChI=1S/C16H24N4S/c1-11-9-14(15(16(17)21)12(2)18-11)20-8-4-7-19-6-3-5-13(19)10-20/h9,13H,3-8,10H2,1-2H3,(H2,17,21). The summed E-state index contributed by atoms with van der Waals surface area (Å²) in [4.78, 5) is 10.1. The monoisotopic (exact) mass is 304 g/mol. The zero-order valence-electron chi connectivity index (χ0n) is 12.9. The Kier molecular flexibility index (Phi) is 4.13. The Balaban J connectivity index is 1.97. The zero-order valence-corrected chi connectivity index (χ0v) is 13.7. The SMILES string of the molecule is Cc1cc(N2CCCN3CCCC3C2)c(C(N)=S)c(C)n1. The first-order valence-electron chi connectivity index (χ1n) is 7.83. The minimum Gasteiger partial charge on any atom is -0.389 e. The summed E-state index contributed by atoms with van der Waals surface area (Å²) >= 11 is 5.28. The Morgan fingerprint density at radius 2 is 2.05 bits per heavy atom. The molecule has 114 valence electrons. The predicted molar refractivity (Wildman–Crippen MR) is 91.0 cm³/mol. The Bertz CT molecular complexity index is 557. The number of rotatable bonds is 2. The molecule has 2 saturated heterocycles. The van der Waals surface area contributed by atoms with E-state index in [0.717, 1.165) is 30.0 Å². The minimum absolute atomic E-state index is 0.461. The van der Waals surface area contributed by atoms with Crippen LogP contribution in [0.5, 0.6) is 0 Å². The molecule has 2 fully saturated rings. The zero-order chi connectivity index (χ0) is 15.0. The second-order valence-electron chi connectivity index (χ2n) is 6.24. The molecule has 0 spiro atoms. The molecule has 21 heavy (non-hydrogen) atoms. The van der Waals surface area contributed by atoms with Crippen molar-refractivity contribution in [1.29, 1.82) is 0 Å². The van der Waals surface area contributed by atoms with Gasteiger partial charge in [-0.1, -0.05) is 12.2 Å². The third kappa shape index (κ3) is 2.90. The molecule has 0 bridgehead atoms. The Hall–Kier alpha value is -1.20. The Labute approximate surface area is 132 Å². The topological polar surface area (TPSA) is 45.4 Å². The third-order valence-electron chi connectivity index (χ3n) is 4.70. The van der Waals surface area contributed by atoms with E-state index in [0.29, 0.717) is 11.0 Å². The largest absolute Gasteiger partial charge is 0.389 e. The molecule has 1 aromatic heterocycles. The van der Waals surface area contributed by atoms with Crippen molar-refractivity contribution in [2.75, 3.05) is 31.1 Å². The predicted octanol–water partition coefficient (Wildman–Crippen LogP) is 2.01. The van der Waals surface area contributed by atoms with Gasteiger partial charge in [0.25, 0.3) is 0 Å². The molecule has 0 aromatic carbocycles. The number of nitrogens with two attached hydrogens (primary N) is 1. The van der Waals surface area contributed by atoms with Crippen LogP contribution < -0.4 is 10.6 Å². The fraction of sp³-hybridized carbons (Fsp3) is 0.625. The second kappa shape index (κ2) is 5.89. The summed E-state index contributed by atoms with van der Waals surface area (Å²) in [5, 5.41) is 0. The van der Waals surface area contributed by atoms with Crippen molar-refractivity contribution < 1.29 is 0 Å². The van der Waals surface area contributed by atoms with Gasteiger partial charge in [0.05, 0.1) is 11.3 Å². The van der Waals surface area contributed by atoms with Crippen molar-refractivity contribution in [2.24, 2.45) is 5.73 Å². The molecule has 1 unspecified atom stereocenters. The first kappa shape index (κ1) is 14.7. The van der Waals surface area contributed by atoms with Gasteiger partial charge in [0.2, 0.25) is 0 Å². The highest BCUT2D eigenvalue weighted by Gasteiger charge is 2.30. The molecule has 2 N–H and O–H groups in total. The summed E-state index contributed by atoms with van der Waals surface area (Å²) in [6.07, 6.45) is 3.84. The molecule has 1 aromatic rings. The quantitative estimate of drug-likeness (QED) is 0.847. The molecule has 3 rings (SSSR count). The van der Waals surface area contributed by atoms with E-state index in [1.54, 1.807) is 0 Å². The summed E-state index contributed by atoms with van der Waals surface area (Å²) in [5.41, 5.74) is 10.1. The van der Waals surface area contributed by atoms with E-state index in [9.17, 15) is 0 Å². The number of nitrogens with zero attached hydrogens (tertiary/aromatic N) is 3. The summed E-state index contributed by atoms with van der Waals surface area (Å²) < 4.78 is 0.